The van der Waals surface area contributed by atoms with Crippen LogP contribution in [0.2, 0.25) is 0 Å². The number of nitrogens with one attached hydrogen (secondary N) is 5. The molecule has 48 heavy (non-hydrogen) atoms. The van der Waals surface area contributed by atoms with E-state index in [-0.39, 0.29) is 51.0 Å². The molecule has 1 rings (SSSR count). The van der Waals surface area contributed by atoms with Gasteiger partial charge in [-0.05, 0) is 53.0 Å². The second kappa shape index (κ2) is 20.1. The zero-order chi connectivity index (χ0) is 36.4. The Morgan fingerprint density at radius 1 is 0.750 bits per heavy atom. The van der Waals surface area contributed by atoms with Gasteiger partial charge in [-0.1, -0.05) is 12.1 Å². The van der Waals surface area contributed by atoms with E-state index in [4.69, 9.17) is 14.2 Å². The van der Waals surface area contributed by atoms with Crippen molar-refractivity contribution in [3.63, 3.8) is 0 Å². The van der Waals surface area contributed by atoms with E-state index in [9.17, 15) is 43.7 Å². The van der Waals surface area contributed by atoms with Crippen molar-refractivity contribution < 1.29 is 52.7 Å². The van der Waals surface area contributed by atoms with Gasteiger partial charge in [-0.2, -0.15) is 0 Å². The second-order valence-electron chi connectivity index (χ2n) is 11.3. The lowest BCUT2D eigenvalue weighted by Crippen LogP contribution is -2.58. The van der Waals surface area contributed by atoms with Crippen LogP contribution < -0.4 is 26.8 Å². The molecule has 1 aromatic rings. The highest BCUT2D eigenvalue weighted by atomic mass is 16.6. The molecular weight excluding hydrogens is 636 g/mol. The lowest BCUT2D eigenvalue weighted by Gasteiger charge is -2.25. The first-order valence-corrected chi connectivity index (χ1v) is 15.2. The molecule has 0 aliphatic rings. The van der Waals surface area contributed by atoms with Crippen molar-refractivity contribution in [3.8, 4) is 0 Å². The Kier molecular flexibility index (Phi) is 17.0. The molecule has 0 unspecified atom stereocenters. The summed E-state index contributed by atoms with van der Waals surface area (Å²) < 4.78 is 14.9. The predicted octanol–water partition coefficient (Wildman–Crippen LogP) is 0.854. The minimum atomic E-state index is -1.45. The van der Waals surface area contributed by atoms with Crippen LogP contribution in [0.25, 0.3) is 0 Å². The van der Waals surface area contributed by atoms with E-state index < -0.39 is 70.3 Å². The highest BCUT2D eigenvalue weighted by Gasteiger charge is 2.31. The minimum absolute atomic E-state index is 0.0582. The fourth-order valence-corrected chi connectivity index (χ4v) is 4.02. The Hall–Kier alpha value is -5.29. The van der Waals surface area contributed by atoms with Crippen LogP contribution in [-0.2, 0) is 49.4 Å². The Balaban J connectivity index is 3.25. The van der Waals surface area contributed by atoms with Gasteiger partial charge in [-0.3, -0.25) is 44.3 Å². The van der Waals surface area contributed by atoms with E-state index in [0.29, 0.717) is 5.56 Å². The van der Waals surface area contributed by atoms with E-state index in [1.807, 2.05) is 0 Å². The standard InChI is InChI=1S/C30H44N6O12/c1-7-46-24(38)15-13-21(32-27(41)23(31-18(3)37)17-19-9-11-20(12-10-19)36(44)45)26(40)33-22(14-16-25(39)47-8-2)28(42)34-35-29(43)48-30(4,5)6/h9-12,21-23H,7-8,13-17H2,1-6H3,(H,31,37)(H,32,41)(H,33,40)(H,34,42)(H,35,43)/t21-,22+,23+/m0/s1. The summed E-state index contributed by atoms with van der Waals surface area (Å²) >= 11 is 0. The number of nitro groups is 1. The highest BCUT2D eigenvalue weighted by Crippen LogP contribution is 2.14. The molecule has 0 aliphatic carbocycles. The third-order valence-electron chi connectivity index (χ3n) is 6.12. The zero-order valence-electron chi connectivity index (χ0n) is 27.8. The number of hydrazine groups is 1. The van der Waals surface area contributed by atoms with Gasteiger partial charge < -0.3 is 30.2 Å². The van der Waals surface area contributed by atoms with Crippen LogP contribution in [0.5, 0.6) is 0 Å². The van der Waals surface area contributed by atoms with Gasteiger partial charge >= 0.3 is 18.0 Å². The summed E-state index contributed by atoms with van der Waals surface area (Å²) in [4.78, 5) is 98.5. The summed E-state index contributed by atoms with van der Waals surface area (Å²) in [5.74, 6) is -4.65. The molecule has 18 nitrogen and oxygen atoms in total. The van der Waals surface area contributed by atoms with E-state index in [1.54, 1.807) is 34.6 Å². The molecule has 0 aliphatic heterocycles. The number of benzene rings is 1. The van der Waals surface area contributed by atoms with Gasteiger partial charge in [-0.25, -0.2) is 10.2 Å². The van der Waals surface area contributed by atoms with Crippen molar-refractivity contribution in [1.29, 1.82) is 0 Å². The molecular formula is C30H44N6O12. The summed E-state index contributed by atoms with van der Waals surface area (Å²) in [6.45, 7) is 9.26. The normalized spacial score (nSPS) is 12.6. The first-order chi connectivity index (χ1) is 22.4. The zero-order valence-corrected chi connectivity index (χ0v) is 27.8. The SMILES string of the molecule is CCOC(=O)CC[C@H](NC(=O)[C@@H](Cc1ccc([N+](=O)[O-])cc1)NC(C)=O)C(=O)N[C@H](CCC(=O)OCC)C(=O)NNC(=O)OC(C)(C)C. The topological polar surface area (TPSA) is 250 Å². The van der Waals surface area contributed by atoms with Crippen molar-refractivity contribution in [2.75, 3.05) is 13.2 Å². The molecule has 5 amide bonds. The van der Waals surface area contributed by atoms with Crippen molar-refractivity contribution in [2.24, 2.45) is 0 Å². The molecule has 0 fully saturated rings. The number of ether oxygens (including phenoxy) is 3. The molecule has 5 N–H and O–H groups in total. The first-order valence-electron chi connectivity index (χ1n) is 15.2. The van der Waals surface area contributed by atoms with Gasteiger partial charge in [0.05, 0.1) is 18.1 Å². The fourth-order valence-electron chi connectivity index (χ4n) is 4.02. The van der Waals surface area contributed by atoms with Crippen LogP contribution in [0.4, 0.5) is 10.5 Å². The van der Waals surface area contributed by atoms with Crippen LogP contribution in [0.1, 0.15) is 72.8 Å². The number of nitrogens with zero attached hydrogens (tertiary/aromatic N) is 1. The number of hydrogen-bond acceptors (Lipinski definition) is 12. The van der Waals surface area contributed by atoms with Gasteiger partial charge in [0.1, 0.15) is 23.7 Å². The third kappa shape index (κ3) is 16.3. The average molecular weight is 681 g/mol. The van der Waals surface area contributed by atoms with Crippen LogP contribution in [0, 0.1) is 10.1 Å². The van der Waals surface area contributed by atoms with Gasteiger partial charge in [0.15, 0.2) is 0 Å². The minimum Gasteiger partial charge on any atom is -0.466 e. The first kappa shape index (κ1) is 40.7. The van der Waals surface area contributed by atoms with Gasteiger partial charge in [0.2, 0.25) is 17.7 Å². The number of amides is 5. The van der Waals surface area contributed by atoms with Crippen molar-refractivity contribution >= 4 is 47.3 Å². The number of nitro benzene ring substituents is 1. The molecule has 0 bridgehead atoms. The Labute approximate surface area is 277 Å². The van der Waals surface area contributed by atoms with Crippen molar-refractivity contribution in [1.82, 2.24) is 26.8 Å². The van der Waals surface area contributed by atoms with Gasteiger partial charge in [0.25, 0.3) is 11.6 Å². The van der Waals surface area contributed by atoms with E-state index in [2.05, 4.69) is 26.8 Å². The molecule has 266 valence electrons. The number of carbonyl (C=O) groups is 7. The van der Waals surface area contributed by atoms with Crippen LogP contribution >= 0.6 is 0 Å². The molecule has 0 saturated heterocycles. The van der Waals surface area contributed by atoms with Crippen LogP contribution in [-0.4, -0.2) is 83.5 Å². The number of carbonyl (C=O) groups excluding carboxylic acids is 7. The summed E-state index contributed by atoms with van der Waals surface area (Å²) in [5.41, 5.74) is 3.55. The number of rotatable bonds is 17. The average Bonchev–Trinajstić information content (AvgIpc) is 2.99. The fraction of sp³-hybridized carbons (Fsp3) is 0.567. The second-order valence-corrected chi connectivity index (χ2v) is 11.3. The molecule has 0 aromatic heterocycles. The van der Waals surface area contributed by atoms with Crippen molar-refractivity contribution in [2.45, 2.75) is 97.4 Å². The molecule has 0 spiro atoms. The van der Waals surface area contributed by atoms with Crippen LogP contribution in [0.15, 0.2) is 24.3 Å². The highest BCUT2D eigenvalue weighted by molar-refractivity contribution is 5.94. The largest absolute Gasteiger partial charge is 0.466 e. The molecule has 0 radical (unpaired) electrons. The maximum Gasteiger partial charge on any atom is 0.426 e. The molecule has 0 saturated carbocycles. The number of esters is 2. The van der Waals surface area contributed by atoms with E-state index in [1.165, 1.54) is 31.2 Å². The van der Waals surface area contributed by atoms with Crippen molar-refractivity contribution in [3.05, 3.63) is 39.9 Å². The smallest absolute Gasteiger partial charge is 0.426 e. The number of non-ortho nitro benzene ring substituents is 1. The Morgan fingerprint density at radius 3 is 1.67 bits per heavy atom. The summed E-state index contributed by atoms with van der Waals surface area (Å²) in [6.07, 6.45) is -2.31. The maximum absolute atomic E-state index is 13.5. The Bertz CT molecular complexity index is 1310. The molecule has 1 aromatic carbocycles. The monoisotopic (exact) mass is 680 g/mol. The van der Waals surface area contributed by atoms with E-state index >= 15 is 0 Å². The molecule has 0 heterocycles. The van der Waals surface area contributed by atoms with Crippen LogP contribution in [0.3, 0.4) is 0 Å². The van der Waals surface area contributed by atoms with Gasteiger partial charge in [-0.15, -0.1) is 0 Å². The summed E-state index contributed by atoms with van der Waals surface area (Å²) in [6, 6.07) is 1.13. The quantitative estimate of drug-likeness (QED) is 0.0665. The van der Waals surface area contributed by atoms with Gasteiger partial charge in [0, 0.05) is 38.3 Å². The maximum atomic E-state index is 13.5. The number of hydrogen-bond donors (Lipinski definition) is 5. The lowest BCUT2D eigenvalue weighted by atomic mass is 10.0. The summed E-state index contributed by atoms with van der Waals surface area (Å²) in [5, 5.41) is 18.4. The van der Waals surface area contributed by atoms with E-state index in [0.717, 1.165) is 0 Å². The molecule has 3 atom stereocenters. The Morgan fingerprint density at radius 2 is 1.23 bits per heavy atom. The summed E-state index contributed by atoms with van der Waals surface area (Å²) in [7, 11) is 0. The predicted molar refractivity (Wildman–Crippen MR) is 168 cm³/mol. The third-order valence-corrected chi connectivity index (χ3v) is 6.12. The lowest BCUT2D eigenvalue weighted by molar-refractivity contribution is -0.384. The molecule has 18 heteroatoms.